The van der Waals surface area contributed by atoms with Crippen LogP contribution in [0.25, 0.3) is 11.0 Å². The first kappa shape index (κ1) is 17.4. The van der Waals surface area contributed by atoms with Gasteiger partial charge in [-0.05, 0) is 56.8 Å². The minimum atomic E-state index is -1.10. The second-order valence-corrected chi connectivity index (χ2v) is 6.71. The zero-order valence-electron chi connectivity index (χ0n) is 14.2. The van der Waals surface area contributed by atoms with Crippen LogP contribution >= 0.6 is 0 Å². The summed E-state index contributed by atoms with van der Waals surface area (Å²) in [5.74, 6) is -0.290. The third kappa shape index (κ3) is 3.48. The van der Waals surface area contributed by atoms with E-state index < -0.39 is 5.60 Å². The van der Waals surface area contributed by atoms with E-state index in [1.807, 2.05) is 0 Å². The number of hydrogen-bond acceptors (Lipinski definition) is 4. The van der Waals surface area contributed by atoms with Crippen molar-refractivity contribution >= 4 is 11.0 Å². The Morgan fingerprint density at radius 2 is 2.29 bits per heavy atom. The van der Waals surface area contributed by atoms with Gasteiger partial charge in [0.1, 0.15) is 11.4 Å². The molecular weight excluding hydrogens is 309 g/mol. The van der Waals surface area contributed by atoms with E-state index >= 15 is 0 Å². The Morgan fingerprint density at radius 1 is 1.42 bits per heavy atom. The SMILES string of the molecule is COCCCC[C@@](O)(c1cc(F)cc2ccoc12)C1CCCNC1. The normalized spacial score (nSPS) is 21.0. The summed E-state index contributed by atoms with van der Waals surface area (Å²) >= 11 is 0. The van der Waals surface area contributed by atoms with Gasteiger partial charge < -0.3 is 19.6 Å². The number of rotatable bonds is 7. The van der Waals surface area contributed by atoms with Crippen LogP contribution in [-0.4, -0.2) is 31.9 Å². The Balaban J connectivity index is 1.96. The highest BCUT2D eigenvalue weighted by molar-refractivity contribution is 5.81. The van der Waals surface area contributed by atoms with Crippen LogP contribution in [0, 0.1) is 11.7 Å². The van der Waals surface area contributed by atoms with Gasteiger partial charge in [-0.15, -0.1) is 0 Å². The molecule has 4 nitrogen and oxygen atoms in total. The van der Waals surface area contributed by atoms with E-state index in [0.29, 0.717) is 29.6 Å². The number of aliphatic hydroxyl groups is 1. The second kappa shape index (κ2) is 7.64. The lowest BCUT2D eigenvalue weighted by atomic mass is 9.74. The fourth-order valence-electron chi connectivity index (χ4n) is 3.83. The molecule has 5 heteroatoms. The van der Waals surface area contributed by atoms with Crippen molar-refractivity contribution in [2.75, 3.05) is 26.8 Å². The Hall–Kier alpha value is -1.43. The number of halogens is 1. The number of nitrogens with one attached hydrogen (secondary N) is 1. The van der Waals surface area contributed by atoms with E-state index in [2.05, 4.69) is 5.32 Å². The summed E-state index contributed by atoms with van der Waals surface area (Å²) in [7, 11) is 1.68. The molecule has 1 saturated heterocycles. The maximum atomic E-state index is 14.1. The second-order valence-electron chi connectivity index (χ2n) is 6.71. The van der Waals surface area contributed by atoms with Gasteiger partial charge in [-0.3, -0.25) is 0 Å². The largest absolute Gasteiger partial charge is 0.464 e. The van der Waals surface area contributed by atoms with Crippen LogP contribution in [0.4, 0.5) is 4.39 Å². The Labute approximate surface area is 142 Å². The number of unbranched alkanes of at least 4 members (excludes halogenated alkanes) is 1. The molecule has 1 aromatic heterocycles. The minimum Gasteiger partial charge on any atom is -0.464 e. The van der Waals surface area contributed by atoms with Gasteiger partial charge in [0.05, 0.1) is 11.9 Å². The monoisotopic (exact) mass is 335 g/mol. The summed E-state index contributed by atoms with van der Waals surface area (Å²) in [6.07, 6.45) is 5.75. The summed E-state index contributed by atoms with van der Waals surface area (Å²) < 4.78 is 24.8. The van der Waals surface area contributed by atoms with E-state index in [9.17, 15) is 9.50 Å². The molecule has 2 heterocycles. The quantitative estimate of drug-likeness (QED) is 0.760. The molecule has 0 bridgehead atoms. The molecule has 0 saturated carbocycles. The van der Waals surface area contributed by atoms with Gasteiger partial charge in [0, 0.05) is 37.1 Å². The maximum absolute atomic E-state index is 14.1. The van der Waals surface area contributed by atoms with Gasteiger partial charge in [-0.25, -0.2) is 4.39 Å². The van der Waals surface area contributed by atoms with Gasteiger partial charge >= 0.3 is 0 Å². The number of fused-ring (bicyclic) bond motifs is 1. The van der Waals surface area contributed by atoms with E-state index in [1.165, 1.54) is 12.1 Å². The Bertz CT molecular complexity index is 666. The van der Waals surface area contributed by atoms with Gasteiger partial charge in [0.15, 0.2) is 0 Å². The third-order valence-electron chi connectivity index (χ3n) is 5.11. The molecule has 3 rings (SSSR count). The summed E-state index contributed by atoms with van der Waals surface area (Å²) in [5.41, 5.74) is 0.0733. The van der Waals surface area contributed by atoms with Crippen LogP contribution < -0.4 is 5.32 Å². The maximum Gasteiger partial charge on any atom is 0.140 e. The minimum absolute atomic E-state index is 0.0453. The van der Waals surface area contributed by atoms with Crippen molar-refractivity contribution in [3.05, 3.63) is 35.8 Å². The Morgan fingerprint density at radius 3 is 3.04 bits per heavy atom. The first-order chi connectivity index (χ1) is 11.6. The molecule has 1 aromatic carbocycles. The molecule has 1 fully saturated rings. The number of piperidine rings is 1. The average Bonchev–Trinajstić information content (AvgIpc) is 3.06. The van der Waals surface area contributed by atoms with Crippen molar-refractivity contribution < 1.29 is 18.7 Å². The molecule has 2 N–H and O–H groups in total. The van der Waals surface area contributed by atoms with Crippen LogP contribution in [0.1, 0.15) is 37.7 Å². The predicted octanol–water partition coefficient (Wildman–Crippen LogP) is 3.58. The van der Waals surface area contributed by atoms with E-state index in [-0.39, 0.29) is 11.7 Å². The van der Waals surface area contributed by atoms with E-state index in [1.54, 1.807) is 19.4 Å². The highest BCUT2D eigenvalue weighted by Gasteiger charge is 2.40. The van der Waals surface area contributed by atoms with E-state index in [4.69, 9.17) is 9.15 Å². The van der Waals surface area contributed by atoms with Gasteiger partial charge in [0.2, 0.25) is 0 Å². The smallest absolute Gasteiger partial charge is 0.140 e. The van der Waals surface area contributed by atoms with Crippen molar-refractivity contribution in [1.29, 1.82) is 0 Å². The molecule has 2 aromatic rings. The molecule has 1 aliphatic rings. The summed E-state index contributed by atoms with van der Waals surface area (Å²) in [4.78, 5) is 0. The first-order valence-corrected chi connectivity index (χ1v) is 8.74. The van der Waals surface area contributed by atoms with Crippen LogP contribution in [0.3, 0.4) is 0 Å². The van der Waals surface area contributed by atoms with Crippen LogP contribution in [0.2, 0.25) is 0 Å². The third-order valence-corrected chi connectivity index (χ3v) is 5.11. The van der Waals surface area contributed by atoms with Crippen molar-refractivity contribution in [2.24, 2.45) is 5.92 Å². The molecule has 24 heavy (non-hydrogen) atoms. The predicted molar refractivity (Wildman–Crippen MR) is 91.4 cm³/mol. The number of ether oxygens (including phenoxy) is 1. The molecule has 132 valence electrons. The molecule has 0 aliphatic carbocycles. The molecule has 2 atom stereocenters. The highest BCUT2D eigenvalue weighted by Crippen LogP contribution is 2.42. The molecule has 0 radical (unpaired) electrons. The standard InChI is InChI=1S/C19H26FNO3/c1-23-9-3-2-7-19(22,15-5-4-8-21-13-15)17-12-16(20)11-14-6-10-24-18(14)17/h6,10-12,15,21-22H,2-5,7-9,13H2,1H3/t15?,19-/m0/s1. The van der Waals surface area contributed by atoms with Crippen LogP contribution in [0.15, 0.2) is 28.9 Å². The number of furan rings is 1. The van der Waals surface area contributed by atoms with E-state index in [0.717, 1.165) is 38.8 Å². The first-order valence-electron chi connectivity index (χ1n) is 8.74. The summed E-state index contributed by atoms with van der Waals surface area (Å²) in [6.45, 7) is 2.37. The fourth-order valence-corrected chi connectivity index (χ4v) is 3.83. The zero-order valence-corrected chi connectivity index (χ0v) is 14.2. The molecule has 1 unspecified atom stereocenters. The molecule has 0 amide bonds. The molecule has 1 aliphatic heterocycles. The lowest BCUT2D eigenvalue weighted by Crippen LogP contribution is -2.44. The number of hydrogen-bond donors (Lipinski definition) is 2. The fraction of sp³-hybridized carbons (Fsp3) is 0.579. The van der Waals surface area contributed by atoms with Crippen molar-refractivity contribution in [3.8, 4) is 0 Å². The van der Waals surface area contributed by atoms with Gasteiger partial charge in [-0.1, -0.05) is 0 Å². The van der Waals surface area contributed by atoms with Crippen molar-refractivity contribution in [1.82, 2.24) is 5.32 Å². The topological polar surface area (TPSA) is 54.6 Å². The van der Waals surface area contributed by atoms with Crippen molar-refractivity contribution in [3.63, 3.8) is 0 Å². The molecular formula is C19H26FNO3. The number of benzene rings is 1. The molecule has 0 spiro atoms. The Kier molecular flexibility index (Phi) is 5.54. The van der Waals surface area contributed by atoms with Crippen LogP contribution in [-0.2, 0) is 10.3 Å². The average molecular weight is 335 g/mol. The summed E-state index contributed by atoms with van der Waals surface area (Å²) in [6, 6.07) is 4.63. The lowest BCUT2D eigenvalue weighted by molar-refractivity contribution is -0.0430. The summed E-state index contributed by atoms with van der Waals surface area (Å²) in [5, 5.41) is 15.7. The van der Waals surface area contributed by atoms with Crippen molar-refractivity contribution in [2.45, 2.75) is 37.7 Å². The van der Waals surface area contributed by atoms with Gasteiger partial charge in [0.25, 0.3) is 0 Å². The number of methoxy groups -OCH3 is 1. The van der Waals surface area contributed by atoms with Gasteiger partial charge in [-0.2, -0.15) is 0 Å². The highest BCUT2D eigenvalue weighted by atomic mass is 19.1. The lowest BCUT2D eigenvalue weighted by Gasteiger charge is -2.39. The van der Waals surface area contributed by atoms with Crippen LogP contribution in [0.5, 0.6) is 0 Å². The zero-order chi connectivity index (χ0) is 17.0.